The quantitative estimate of drug-likeness (QED) is 0.555. The minimum absolute atomic E-state index is 0.0385. The minimum atomic E-state index is -1.08. The zero-order chi connectivity index (χ0) is 23.1. The number of carbonyl (C=O) groups is 2. The maximum atomic E-state index is 12.4. The first-order valence-electron chi connectivity index (χ1n) is 12.1. The Kier molecular flexibility index (Phi) is 4.91. The molecule has 4 aliphatic carbocycles. The van der Waals surface area contributed by atoms with Crippen molar-refractivity contribution in [1.29, 1.82) is 0 Å². The number of aliphatic hydroxyl groups excluding tert-OH is 1. The Bertz CT molecular complexity index is 868. The van der Waals surface area contributed by atoms with Crippen LogP contribution in [0.5, 0.6) is 0 Å². The van der Waals surface area contributed by atoms with Crippen molar-refractivity contribution in [3.8, 4) is 0 Å². The number of fused-ring (bicyclic) bond motifs is 5. The summed E-state index contributed by atoms with van der Waals surface area (Å²) in [6, 6.07) is 0. The second-order valence-electron chi connectivity index (χ2n) is 11.6. The highest BCUT2D eigenvalue weighted by Crippen LogP contribution is 2.70. The molecule has 5 rings (SSSR count). The number of rotatable bonds is 2. The van der Waals surface area contributed by atoms with Gasteiger partial charge in [0.15, 0.2) is 0 Å². The molecule has 1 heterocycles. The van der Waals surface area contributed by atoms with Gasteiger partial charge in [0.05, 0.1) is 17.3 Å². The van der Waals surface area contributed by atoms with Crippen molar-refractivity contribution in [1.82, 2.24) is 0 Å². The number of cyclic esters (lactones) is 1. The van der Waals surface area contributed by atoms with Crippen LogP contribution in [0.2, 0.25) is 0 Å². The van der Waals surface area contributed by atoms with Crippen molar-refractivity contribution in [3.63, 3.8) is 0 Å². The van der Waals surface area contributed by atoms with Gasteiger partial charge in [-0.1, -0.05) is 13.8 Å². The molecule has 0 spiro atoms. The lowest BCUT2D eigenvalue weighted by Crippen LogP contribution is -2.67. The highest BCUT2D eigenvalue weighted by molar-refractivity contribution is 5.85. The molecule has 9 atom stereocenters. The van der Waals surface area contributed by atoms with Crippen LogP contribution < -0.4 is 0 Å². The summed E-state index contributed by atoms with van der Waals surface area (Å²) >= 11 is 0. The Morgan fingerprint density at radius 2 is 1.75 bits per heavy atom. The fourth-order valence-electron chi connectivity index (χ4n) is 8.75. The molecule has 0 saturated heterocycles. The van der Waals surface area contributed by atoms with Crippen LogP contribution in [0.1, 0.15) is 72.1 Å². The molecule has 3 N–H and O–H groups in total. The summed E-state index contributed by atoms with van der Waals surface area (Å²) in [5, 5.41) is 34.3. The van der Waals surface area contributed by atoms with Crippen LogP contribution in [0.15, 0.2) is 11.6 Å². The lowest BCUT2D eigenvalue weighted by atomic mass is 9.42. The second kappa shape index (κ2) is 7.03. The third-order valence-electron chi connectivity index (χ3n) is 10.4. The molecule has 5 aliphatic rings. The third-order valence-corrected chi connectivity index (χ3v) is 10.4. The van der Waals surface area contributed by atoms with Gasteiger partial charge in [0, 0.05) is 37.2 Å². The van der Waals surface area contributed by atoms with Gasteiger partial charge in [-0.05, 0) is 61.3 Å². The normalized spacial score (nSPS) is 52.4. The monoisotopic (exact) mass is 448 g/mol. The predicted octanol–water partition coefficient (Wildman–Crippen LogP) is 2.26. The summed E-state index contributed by atoms with van der Waals surface area (Å²) in [4.78, 5) is 23.8. The van der Waals surface area contributed by atoms with E-state index in [1.807, 2.05) is 0 Å². The largest absolute Gasteiger partial charge is 0.462 e. The molecule has 4 fully saturated rings. The lowest BCUT2D eigenvalue weighted by molar-refractivity contribution is -0.254. The Labute approximate surface area is 189 Å². The fourth-order valence-corrected chi connectivity index (χ4v) is 8.75. The number of esters is 2. The van der Waals surface area contributed by atoms with Crippen LogP contribution in [0.25, 0.3) is 0 Å². The molecule has 32 heavy (non-hydrogen) atoms. The molecule has 7 heteroatoms. The van der Waals surface area contributed by atoms with E-state index in [0.717, 1.165) is 18.4 Å². The second-order valence-corrected chi connectivity index (χ2v) is 11.6. The van der Waals surface area contributed by atoms with Gasteiger partial charge in [0.1, 0.15) is 12.7 Å². The highest BCUT2D eigenvalue weighted by Gasteiger charge is 2.72. The third kappa shape index (κ3) is 2.83. The van der Waals surface area contributed by atoms with Gasteiger partial charge in [0.25, 0.3) is 0 Å². The Morgan fingerprint density at radius 1 is 1.06 bits per heavy atom. The molecule has 0 aromatic carbocycles. The summed E-state index contributed by atoms with van der Waals surface area (Å²) < 4.78 is 10.9. The molecule has 9 unspecified atom stereocenters. The van der Waals surface area contributed by atoms with E-state index in [2.05, 4.69) is 13.8 Å². The van der Waals surface area contributed by atoms with E-state index in [0.29, 0.717) is 38.5 Å². The molecular formula is C25H36O7. The summed E-state index contributed by atoms with van der Waals surface area (Å²) in [5.41, 5.74) is -2.12. The van der Waals surface area contributed by atoms with Crippen LogP contribution in [-0.2, 0) is 19.1 Å². The topological polar surface area (TPSA) is 113 Å². The molecule has 7 nitrogen and oxygen atoms in total. The van der Waals surface area contributed by atoms with Gasteiger partial charge in [0.2, 0.25) is 0 Å². The van der Waals surface area contributed by atoms with Crippen molar-refractivity contribution in [2.45, 2.75) is 95.5 Å². The smallest absolute Gasteiger partial charge is 0.331 e. The molecular weight excluding hydrogens is 412 g/mol. The van der Waals surface area contributed by atoms with Crippen molar-refractivity contribution in [2.75, 3.05) is 6.61 Å². The Hall–Kier alpha value is -1.44. The molecule has 0 aromatic heterocycles. The standard InChI is InChI=1S/C25H36O7/c1-14(26)32-19-12-25(30)18-6-9-24(29)11-16(27)4-7-22(24,2)17(18)5-8-23(25,3)21(19)15-10-20(28)31-13-15/h10,16-19,21,27,29-30H,4-9,11-13H2,1-3H3. The average molecular weight is 449 g/mol. The number of hydrogen-bond donors (Lipinski definition) is 3. The van der Waals surface area contributed by atoms with E-state index in [1.54, 1.807) is 0 Å². The molecule has 0 aromatic rings. The summed E-state index contributed by atoms with van der Waals surface area (Å²) in [6.45, 7) is 5.78. The Morgan fingerprint density at radius 3 is 2.41 bits per heavy atom. The number of carbonyl (C=O) groups excluding carboxylic acids is 2. The first-order valence-corrected chi connectivity index (χ1v) is 12.1. The van der Waals surface area contributed by atoms with Crippen LogP contribution in [0.4, 0.5) is 0 Å². The molecule has 4 saturated carbocycles. The Balaban J connectivity index is 1.54. The molecule has 0 amide bonds. The SMILES string of the molecule is CC(=O)OC1CC2(O)C3CCC4(O)CC(O)CCC4(C)C3CCC2(C)C1C1=CC(=O)OC1. The van der Waals surface area contributed by atoms with Crippen molar-refractivity contribution in [2.24, 2.45) is 28.6 Å². The molecule has 0 radical (unpaired) electrons. The maximum Gasteiger partial charge on any atom is 0.331 e. The first-order chi connectivity index (χ1) is 14.9. The van der Waals surface area contributed by atoms with E-state index >= 15 is 0 Å². The van der Waals surface area contributed by atoms with Crippen molar-refractivity contribution >= 4 is 11.9 Å². The summed E-state index contributed by atoms with van der Waals surface area (Å²) in [5.74, 6) is -0.960. The van der Waals surface area contributed by atoms with Gasteiger partial charge in [-0.15, -0.1) is 0 Å². The zero-order valence-electron chi connectivity index (χ0n) is 19.3. The molecule has 178 valence electrons. The van der Waals surface area contributed by atoms with Gasteiger partial charge >= 0.3 is 11.9 Å². The number of aliphatic hydroxyl groups is 3. The van der Waals surface area contributed by atoms with Crippen molar-refractivity contribution < 1.29 is 34.4 Å². The van der Waals surface area contributed by atoms with Crippen LogP contribution >= 0.6 is 0 Å². The fraction of sp³-hybridized carbons (Fsp3) is 0.840. The van der Waals surface area contributed by atoms with Crippen molar-refractivity contribution in [3.05, 3.63) is 11.6 Å². The summed E-state index contributed by atoms with van der Waals surface area (Å²) in [7, 11) is 0. The minimum Gasteiger partial charge on any atom is -0.462 e. The summed E-state index contributed by atoms with van der Waals surface area (Å²) in [6.07, 6.45) is 5.44. The molecule has 0 bridgehead atoms. The van der Waals surface area contributed by atoms with E-state index in [1.165, 1.54) is 13.0 Å². The van der Waals surface area contributed by atoms with E-state index in [4.69, 9.17) is 9.47 Å². The number of ether oxygens (including phenoxy) is 2. The van der Waals surface area contributed by atoms with Gasteiger partial charge < -0.3 is 24.8 Å². The lowest BCUT2D eigenvalue weighted by Gasteiger charge is -2.65. The first kappa shape index (κ1) is 22.4. The predicted molar refractivity (Wildman–Crippen MR) is 114 cm³/mol. The van der Waals surface area contributed by atoms with Gasteiger partial charge in [-0.25, -0.2) is 4.79 Å². The van der Waals surface area contributed by atoms with Crippen LogP contribution in [0, 0.1) is 28.6 Å². The van der Waals surface area contributed by atoms with E-state index in [-0.39, 0.29) is 41.7 Å². The average Bonchev–Trinajstić information content (AvgIpc) is 3.20. The number of hydrogen-bond acceptors (Lipinski definition) is 7. The van der Waals surface area contributed by atoms with Gasteiger partial charge in [-0.3, -0.25) is 4.79 Å². The van der Waals surface area contributed by atoms with Crippen LogP contribution in [0.3, 0.4) is 0 Å². The van der Waals surface area contributed by atoms with Gasteiger partial charge in [-0.2, -0.15) is 0 Å². The highest BCUT2D eigenvalue weighted by atomic mass is 16.5. The molecule has 1 aliphatic heterocycles. The van der Waals surface area contributed by atoms with E-state index < -0.39 is 28.8 Å². The maximum absolute atomic E-state index is 12.4. The van der Waals surface area contributed by atoms with E-state index in [9.17, 15) is 24.9 Å². The van der Waals surface area contributed by atoms with Crippen LogP contribution in [-0.4, -0.2) is 57.3 Å². The zero-order valence-corrected chi connectivity index (χ0v) is 19.3.